The quantitative estimate of drug-likeness (QED) is 0.784. The Morgan fingerprint density at radius 3 is 2.92 bits per heavy atom. The third-order valence-electron chi connectivity index (χ3n) is 1.81. The molecule has 0 spiro atoms. The summed E-state index contributed by atoms with van der Waals surface area (Å²) in [4.78, 5) is 5.79. The van der Waals surface area contributed by atoms with Crippen LogP contribution in [0.25, 0.3) is 0 Å². The summed E-state index contributed by atoms with van der Waals surface area (Å²) in [6.07, 6.45) is 4.23. The van der Waals surface area contributed by atoms with E-state index in [1.165, 1.54) is 9.88 Å². The summed E-state index contributed by atoms with van der Waals surface area (Å²) >= 11 is 1.85. The predicted molar refractivity (Wildman–Crippen MR) is 58.3 cm³/mol. The maximum absolute atomic E-state index is 4.40. The molecule has 0 bridgehead atoms. The van der Waals surface area contributed by atoms with Crippen LogP contribution < -0.4 is 5.32 Å². The first-order valence-electron chi connectivity index (χ1n) is 4.80. The van der Waals surface area contributed by atoms with E-state index in [-0.39, 0.29) is 0 Å². The number of aromatic nitrogens is 1. The molecular formula is C10H18N2S. The molecule has 0 radical (unpaired) electrons. The summed E-state index contributed by atoms with van der Waals surface area (Å²) in [7, 11) is 1.98. The summed E-state index contributed by atoms with van der Waals surface area (Å²) < 4.78 is 0. The van der Waals surface area contributed by atoms with Crippen LogP contribution in [-0.2, 0) is 12.8 Å². The van der Waals surface area contributed by atoms with Crippen molar-refractivity contribution in [2.75, 3.05) is 13.6 Å². The van der Waals surface area contributed by atoms with Gasteiger partial charge in [0.15, 0.2) is 0 Å². The second-order valence-electron chi connectivity index (χ2n) is 3.67. The van der Waals surface area contributed by atoms with Crippen molar-refractivity contribution in [2.24, 2.45) is 5.92 Å². The van der Waals surface area contributed by atoms with Gasteiger partial charge in [0.1, 0.15) is 0 Å². The summed E-state index contributed by atoms with van der Waals surface area (Å²) in [5, 5.41) is 4.42. The lowest BCUT2D eigenvalue weighted by Gasteiger charge is -1.98. The molecule has 1 rings (SSSR count). The highest BCUT2D eigenvalue weighted by Gasteiger charge is 2.03. The average Bonchev–Trinajstić information content (AvgIpc) is 2.48. The number of likely N-dealkylation sites (N-methyl/N-ethyl adjacent to an activating group) is 1. The second kappa shape index (κ2) is 5.35. The molecule has 1 aromatic rings. The number of rotatable bonds is 5. The van der Waals surface area contributed by atoms with Crippen LogP contribution in [0.1, 0.15) is 23.7 Å². The number of hydrogen-bond donors (Lipinski definition) is 1. The van der Waals surface area contributed by atoms with Crippen LogP contribution >= 0.6 is 11.3 Å². The highest BCUT2D eigenvalue weighted by Crippen LogP contribution is 2.16. The molecule has 13 heavy (non-hydrogen) atoms. The number of nitrogens with zero attached hydrogens (tertiary/aromatic N) is 1. The van der Waals surface area contributed by atoms with Gasteiger partial charge in [0.05, 0.1) is 5.01 Å². The third kappa shape index (κ3) is 3.87. The van der Waals surface area contributed by atoms with Gasteiger partial charge in [-0.05, 0) is 25.9 Å². The van der Waals surface area contributed by atoms with Gasteiger partial charge in [0.2, 0.25) is 0 Å². The molecule has 0 aliphatic heterocycles. The van der Waals surface area contributed by atoms with E-state index in [0.717, 1.165) is 19.4 Å². The molecule has 0 aliphatic carbocycles. The third-order valence-corrected chi connectivity index (χ3v) is 2.89. The normalized spacial score (nSPS) is 11.1. The van der Waals surface area contributed by atoms with Gasteiger partial charge in [-0.2, -0.15) is 0 Å². The highest BCUT2D eigenvalue weighted by atomic mass is 32.1. The van der Waals surface area contributed by atoms with Gasteiger partial charge >= 0.3 is 0 Å². The van der Waals surface area contributed by atoms with Gasteiger partial charge in [-0.15, -0.1) is 11.3 Å². The van der Waals surface area contributed by atoms with E-state index in [1.807, 2.05) is 24.6 Å². The minimum Gasteiger partial charge on any atom is -0.319 e. The molecule has 0 unspecified atom stereocenters. The topological polar surface area (TPSA) is 24.9 Å². The fourth-order valence-corrected chi connectivity index (χ4v) is 2.29. The van der Waals surface area contributed by atoms with Crippen molar-refractivity contribution in [2.45, 2.75) is 26.7 Å². The van der Waals surface area contributed by atoms with Crippen molar-refractivity contribution in [3.63, 3.8) is 0 Å². The molecule has 74 valence electrons. The van der Waals surface area contributed by atoms with Gasteiger partial charge in [-0.25, -0.2) is 4.98 Å². The molecule has 3 heteroatoms. The van der Waals surface area contributed by atoms with Crippen LogP contribution in [0.2, 0.25) is 0 Å². The number of hydrogen-bond acceptors (Lipinski definition) is 3. The van der Waals surface area contributed by atoms with E-state index in [9.17, 15) is 0 Å². The second-order valence-corrected chi connectivity index (χ2v) is 4.87. The van der Waals surface area contributed by atoms with Crippen molar-refractivity contribution in [1.29, 1.82) is 0 Å². The molecule has 0 atom stereocenters. The maximum atomic E-state index is 4.40. The van der Waals surface area contributed by atoms with Crippen LogP contribution in [0.3, 0.4) is 0 Å². The van der Waals surface area contributed by atoms with E-state index in [4.69, 9.17) is 0 Å². The summed E-state index contributed by atoms with van der Waals surface area (Å²) in [6.45, 7) is 5.51. The van der Waals surface area contributed by atoms with Crippen molar-refractivity contribution in [3.05, 3.63) is 16.1 Å². The van der Waals surface area contributed by atoms with E-state index in [1.54, 1.807) is 0 Å². The van der Waals surface area contributed by atoms with Gasteiger partial charge < -0.3 is 5.32 Å². The van der Waals surface area contributed by atoms with Gasteiger partial charge in [-0.3, -0.25) is 0 Å². The maximum Gasteiger partial charge on any atom is 0.0930 e. The van der Waals surface area contributed by atoms with Crippen LogP contribution in [0.15, 0.2) is 6.20 Å². The van der Waals surface area contributed by atoms with E-state index in [2.05, 4.69) is 24.1 Å². The molecule has 0 amide bonds. The summed E-state index contributed by atoms with van der Waals surface area (Å²) in [6, 6.07) is 0. The van der Waals surface area contributed by atoms with Crippen LogP contribution in [-0.4, -0.2) is 18.6 Å². The standard InChI is InChI=1S/C10H18N2S/c1-8(2)6-10-12-7-9(13-10)4-5-11-3/h7-8,11H,4-6H2,1-3H3. The Bertz CT molecular complexity index is 243. The lowest BCUT2D eigenvalue weighted by Crippen LogP contribution is -2.09. The van der Waals surface area contributed by atoms with Crippen molar-refractivity contribution >= 4 is 11.3 Å². The highest BCUT2D eigenvalue weighted by molar-refractivity contribution is 7.11. The molecule has 2 nitrogen and oxygen atoms in total. The van der Waals surface area contributed by atoms with Crippen molar-refractivity contribution < 1.29 is 0 Å². The zero-order valence-corrected chi connectivity index (χ0v) is 9.45. The van der Waals surface area contributed by atoms with Crippen LogP contribution in [0.4, 0.5) is 0 Å². The lowest BCUT2D eigenvalue weighted by molar-refractivity contribution is 0.644. The first-order valence-corrected chi connectivity index (χ1v) is 5.62. The minimum absolute atomic E-state index is 0.711. The van der Waals surface area contributed by atoms with Crippen LogP contribution in [0.5, 0.6) is 0 Å². The predicted octanol–water partition coefficient (Wildman–Crippen LogP) is 2.10. The Labute approximate surface area is 84.4 Å². The zero-order valence-electron chi connectivity index (χ0n) is 8.63. The van der Waals surface area contributed by atoms with E-state index < -0.39 is 0 Å². The zero-order chi connectivity index (χ0) is 9.68. The fraction of sp³-hybridized carbons (Fsp3) is 0.700. The Morgan fingerprint density at radius 1 is 1.54 bits per heavy atom. The molecule has 0 aromatic carbocycles. The van der Waals surface area contributed by atoms with Gasteiger partial charge in [0.25, 0.3) is 0 Å². The first kappa shape index (κ1) is 10.7. The van der Waals surface area contributed by atoms with E-state index >= 15 is 0 Å². The van der Waals surface area contributed by atoms with Crippen LogP contribution in [0, 0.1) is 5.92 Å². The van der Waals surface area contributed by atoms with Crippen molar-refractivity contribution in [3.8, 4) is 0 Å². The number of thiazole rings is 1. The molecule has 1 aromatic heterocycles. The summed E-state index contributed by atoms with van der Waals surface area (Å²) in [5.74, 6) is 0.711. The number of nitrogens with one attached hydrogen (secondary N) is 1. The molecule has 1 heterocycles. The molecule has 0 fully saturated rings. The average molecular weight is 198 g/mol. The van der Waals surface area contributed by atoms with Gasteiger partial charge in [0, 0.05) is 17.5 Å². The largest absolute Gasteiger partial charge is 0.319 e. The first-order chi connectivity index (χ1) is 6.22. The smallest absolute Gasteiger partial charge is 0.0930 e. The molecule has 0 saturated carbocycles. The lowest BCUT2D eigenvalue weighted by atomic mass is 10.1. The van der Waals surface area contributed by atoms with E-state index in [0.29, 0.717) is 5.92 Å². The fourth-order valence-electron chi connectivity index (χ4n) is 1.16. The minimum atomic E-state index is 0.711. The molecule has 0 saturated heterocycles. The van der Waals surface area contributed by atoms with Gasteiger partial charge in [-0.1, -0.05) is 13.8 Å². The summed E-state index contributed by atoms with van der Waals surface area (Å²) in [5.41, 5.74) is 0. The Morgan fingerprint density at radius 2 is 2.31 bits per heavy atom. The molecule has 1 N–H and O–H groups in total. The van der Waals surface area contributed by atoms with Crippen molar-refractivity contribution in [1.82, 2.24) is 10.3 Å². The molecular weight excluding hydrogens is 180 g/mol. The Hall–Kier alpha value is -0.410. The monoisotopic (exact) mass is 198 g/mol. The Balaban J connectivity index is 2.44. The Kier molecular flexibility index (Phi) is 4.39. The molecule has 0 aliphatic rings. The SMILES string of the molecule is CNCCc1cnc(CC(C)C)s1.